The molecule has 3 rings (SSSR count). The normalized spacial score (nSPS) is 16.8. The van der Waals surface area contributed by atoms with Gasteiger partial charge in [0.05, 0.1) is 4.90 Å². The highest BCUT2D eigenvalue weighted by Crippen LogP contribution is 2.35. The zero-order valence-corrected chi connectivity index (χ0v) is 25.7. The molecule has 1 saturated heterocycles. The van der Waals surface area contributed by atoms with Crippen LogP contribution in [0.3, 0.4) is 0 Å². The van der Waals surface area contributed by atoms with Crippen LogP contribution in [0.1, 0.15) is 100.0 Å². The molecule has 0 bridgehead atoms. The minimum absolute atomic E-state index is 0.00374. The highest BCUT2D eigenvalue weighted by atomic mass is 32.2. The van der Waals surface area contributed by atoms with Crippen molar-refractivity contribution in [1.82, 2.24) is 9.62 Å². The van der Waals surface area contributed by atoms with E-state index >= 15 is 0 Å². The highest BCUT2D eigenvalue weighted by molar-refractivity contribution is 7.89. The maximum absolute atomic E-state index is 14.3. The third-order valence-corrected chi connectivity index (χ3v) is 9.29. The summed E-state index contributed by atoms with van der Waals surface area (Å²) < 4.78 is 31.2. The Labute approximate surface area is 244 Å². The van der Waals surface area contributed by atoms with Crippen molar-refractivity contribution >= 4 is 27.7 Å². The lowest BCUT2D eigenvalue weighted by Gasteiger charge is -2.35. The molecular weight excluding hydrogens is 540 g/mol. The number of benzene rings is 2. The van der Waals surface area contributed by atoms with Crippen molar-refractivity contribution in [2.24, 2.45) is 11.7 Å². The molecule has 0 aliphatic carbocycles. The van der Waals surface area contributed by atoms with Crippen LogP contribution in [0, 0.1) is 11.3 Å². The minimum atomic E-state index is -4.21. The molecule has 0 radical (unpaired) electrons. The maximum Gasteiger partial charge on any atom is 0.241 e. The van der Waals surface area contributed by atoms with Gasteiger partial charge in [-0.25, -0.2) is 8.42 Å². The summed E-state index contributed by atoms with van der Waals surface area (Å²) in [6.45, 7) is 12.2. The first-order valence-corrected chi connectivity index (χ1v) is 15.7. The van der Waals surface area contributed by atoms with Gasteiger partial charge >= 0.3 is 0 Å². The summed E-state index contributed by atoms with van der Waals surface area (Å²) in [6, 6.07) is 9.46. The van der Waals surface area contributed by atoms with Crippen molar-refractivity contribution in [2.45, 2.75) is 89.5 Å². The number of sulfonamides is 1. The molecule has 1 amide bonds. The SMILES string of the molecule is CC(C)c1cc(C(C)C)c(S(=O)(=O)NC(Cc2cccc(C(=N)N)c2)C(=O)N2CCCC(C(=O)[O-])C2)c(C(C)C)c1. The number of carbonyl (C=O) groups excluding carboxylic acids is 2. The van der Waals surface area contributed by atoms with Crippen LogP contribution >= 0.6 is 0 Å². The summed E-state index contributed by atoms with van der Waals surface area (Å²) in [5.41, 5.74) is 9.17. The lowest BCUT2D eigenvalue weighted by Crippen LogP contribution is -2.54. The number of amides is 1. The second-order valence-electron chi connectivity index (χ2n) is 11.9. The van der Waals surface area contributed by atoms with Gasteiger partial charge in [-0.3, -0.25) is 10.2 Å². The number of carboxylic acid groups (broad SMARTS) is 1. The molecule has 0 saturated carbocycles. The first-order valence-electron chi connectivity index (χ1n) is 14.2. The standard InChI is InChI=1S/C31H44N4O5S/c1-18(2)24-15-25(19(3)4)28(26(16-24)20(5)6)41(39,40)34-27(14-21-9-7-10-22(13-21)29(32)33)30(36)35-12-8-11-23(17-35)31(37)38/h7,9-10,13,15-16,18-20,23,27,34H,8,11-12,14,17H2,1-6H3,(H3,32,33)(H,37,38)/p-1. The van der Waals surface area contributed by atoms with Gasteiger partial charge in [0, 0.05) is 30.5 Å². The van der Waals surface area contributed by atoms with Crippen molar-refractivity contribution in [2.75, 3.05) is 13.1 Å². The predicted octanol–water partition coefficient (Wildman–Crippen LogP) is 3.22. The molecule has 1 fully saturated rings. The van der Waals surface area contributed by atoms with Gasteiger partial charge in [-0.2, -0.15) is 4.72 Å². The molecule has 10 heteroatoms. The Hall–Kier alpha value is -3.24. The molecule has 1 aliphatic rings. The molecular formula is C31H43N4O5S-. The van der Waals surface area contributed by atoms with E-state index in [4.69, 9.17) is 11.1 Å². The molecule has 2 atom stereocenters. The van der Waals surface area contributed by atoms with E-state index in [1.54, 1.807) is 24.3 Å². The van der Waals surface area contributed by atoms with Crippen LogP contribution in [0.5, 0.6) is 0 Å². The zero-order valence-electron chi connectivity index (χ0n) is 24.9. The number of nitrogens with one attached hydrogen (secondary N) is 2. The number of aliphatic carboxylic acids is 1. The molecule has 0 spiro atoms. The van der Waals surface area contributed by atoms with Crippen LogP contribution in [0.4, 0.5) is 0 Å². The van der Waals surface area contributed by atoms with Crippen molar-refractivity contribution < 1.29 is 23.1 Å². The van der Waals surface area contributed by atoms with Gasteiger partial charge in [0.25, 0.3) is 0 Å². The number of nitrogens with two attached hydrogens (primary N) is 1. The van der Waals surface area contributed by atoms with Gasteiger partial charge in [-0.1, -0.05) is 71.9 Å². The first kappa shape index (κ1) is 32.3. The van der Waals surface area contributed by atoms with Gasteiger partial charge in [-0.15, -0.1) is 0 Å². The van der Waals surface area contributed by atoms with Gasteiger partial charge in [0.2, 0.25) is 15.9 Å². The van der Waals surface area contributed by atoms with Crippen LogP contribution in [0.2, 0.25) is 0 Å². The lowest BCUT2D eigenvalue weighted by atomic mass is 9.89. The molecule has 0 aromatic heterocycles. The maximum atomic E-state index is 14.3. The number of rotatable bonds is 11. The Kier molecular flexibility index (Phi) is 10.4. The zero-order chi connectivity index (χ0) is 30.6. The summed E-state index contributed by atoms with van der Waals surface area (Å²) in [6.07, 6.45) is 0.889. The second-order valence-corrected chi connectivity index (χ2v) is 13.6. The predicted molar refractivity (Wildman–Crippen MR) is 158 cm³/mol. The molecule has 224 valence electrons. The average Bonchev–Trinajstić information content (AvgIpc) is 2.91. The monoisotopic (exact) mass is 583 g/mol. The fourth-order valence-electron chi connectivity index (χ4n) is 5.32. The number of hydrogen-bond donors (Lipinski definition) is 3. The molecule has 9 nitrogen and oxygen atoms in total. The number of amidine groups is 1. The van der Waals surface area contributed by atoms with Gasteiger partial charge in [0.15, 0.2) is 0 Å². The number of carboxylic acids is 1. The molecule has 2 aromatic rings. The topological polar surface area (TPSA) is 156 Å². The Morgan fingerprint density at radius 1 is 1.05 bits per heavy atom. The third kappa shape index (κ3) is 7.74. The van der Waals surface area contributed by atoms with E-state index < -0.39 is 33.9 Å². The van der Waals surface area contributed by atoms with E-state index in [1.807, 2.05) is 39.8 Å². The number of likely N-dealkylation sites (tertiary alicyclic amines) is 1. The fraction of sp³-hybridized carbons (Fsp3) is 0.516. The summed E-state index contributed by atoms with van der Waals surface area (Å²) >= 11 is 0. The van der Waals surface area contributed by atoms with E-state index in [2.05, 4.69) is 18.6 Å². The van der Waals surface area contributed by atoms with Crippen molar-refractivity contribution in [3.8, 4) is 0 Å². The number of nitrogen functional groups attached to an aromatic ring is 1. The number of hydrogen-bond acceptors (Lipinski definition) is 6. The van der Waals surface area contributed by atoms with Gasteiger partial charge in [0.1, 0.15) is 11.9 Å². The highest BCUT2D eigenvalue weighted by Gasteiger charge is 2.35. The number of piperidine rings is 1. The van der Waals surface area contributed by atoms with Crippen LogP contribution < -0.4 is 15.6 Å². The van der Waals surface area contributed by atoms with Crippen LogP contribution in [0.25, 0.3) is 0 Å². The Morgan fingerprint density at radius 3 is 2.17 bits per heavy atom. The number of nitrogens with zero attached hydrogens (tertiary/aromatic N) is 1. The average molecular weight is 584 g/mol. The molecule has 2 aromatic carbocycles. The van der Waals surface area contributed by atoms with Crippen molar-refractivity contribution in [3.05, 3.63) is 64.2 Å². The van der Waals surface area contributed by atoms with Crippen LogP contribution in [0.15, 0.2) is 41.3 Å². The Balaban J connectivity index is 2.11. The summed E-state index contributed by atoms with van der Waals surface area (Å²) in [7, 11) is -4.21. The van der Waals surface area contributed by atoms with Crippen LogP contribution in [-0.2, 0) is 26.0 Å². The number of carbonyl (C=O) groups is 2. The van der Waals surface area contributed by atoms with Crippen molar-refractivity contribution in [3.63, 3.8) is 0 Å². The largest absolute Gasteiger partial charge is 0.550 e. The van der Waals surface area contributed by atoms with E-state index in [1.165, 1.54) is 4.90 Å². The van der Waals surface area contributed by atoms with Gasteiger partial charge in [-0.05, 0) is 65.3 Å². The first-order chi connectivity index (χ1) is 19.1. The Morgan fingerprint density at radius 2 is 1.66 bits per heavy atom. The van der Waals surface area contributed by atoms with E-state index in [-0.39, 0.29) is 41.5 Å². The smallest absolute Gasteiger partial charge is 0.241 e. The van der Waals surface area contributed by atoms with Gasteiger partial charge < -0.3 is 20.5 Å². The van der Waals surface area contributed by atoms with E-state index in [0.29, 0.717) is 41.6 Å². The summed E-state index contributed by atoms with van der Waals surface area (Å²) in [4.78, 5) is 27.1. The minimum Gasteiger partial charge on any atom is -0.550 e. The third-order valence-electron chi connectivity index (χ3n) is 7.69. The summed E-state index contributed by atoms with van der Waals surface area (Å²) in [5, 5.41) is 19.4. The Bertz CT molecular complexity index is 1370. The lowest BCUT2D eigenvalue weighted by molar-refractivity contribution is -0.312. The van der Waals surface area contributed by atoms with Crippen LogP contribution in [-0.4, -0.2) is 50.2 Å². The second kappa shape index (κ2) is 13.2. The van der Waals surface area contributed by atoms with Crippen molar-refractivity contribution in [1.29, 1.82) is 5.41 Å². The molecule has 1 aliphatic heterocycles. The fourth-order valence-corrected chi connectivity index (χ4v) is 7.20. The van der Waals surface area contributed by atoms with E-state index in [9.17, 15) is 23.1 Å². The molecule has 2 unspecified atom stereocenters. The summed E-state index contributed by atoms with van der Waals surface area (Å²) in [5.74, 6) is -2.65. The van der Waals surface area contributed by atoms with E-state index in [0.717, 1.165) is 5.56 Å². The molecule has 1 heterocycles. The molecule has 41 heavy (non-hydrogen) atoms. The quantitative estimate of drug-likeness (QED) is 0.272. The molecule has 4 N–H and O–H groups in total.